The van der Waals surface area contributed by atoms with Gasteiger partial charge in [-0.15, -0.1) is 0 Å². The third kappa shape index (κ3) is 4.63. The van der Waals surface area contributed by atoms with E-state index in [0.29, 0.717) is 11.8 Å². The zero-order valence-corrected chi connectivity index (χ0v) is 17.7. The Hall–Kier alpha value is -3.55. The molecule has 0 amide bonds. The summed E-state index contributed by atoms with van der Waals surface area (Å²) in [4.78, 5) is 31.6. The first-order chi connectivity index (χ1) is 14.9. The number of hydrogen-bond acceptors (Lipinski definition) is 7. The maximum absolute atomic E-state index is 11.5. The van der Waals surface area contributed by atoms with Crippen molar-refractivity contribution < 1.29 is 9.90 Å². The lowest BCUT2D eigenvalue weighted by atomic mass is 9.84. The lowest BCUT2D eigenvalue weighted by Gasteiger charge is -2.27. The molecule has 3 heterocycles. The molecule has 2 aromatic heterocycles. The smallest absolute Gasteiger partial charge is 0.313 e. The van der Waals surface area contributed by atoms with Gasteiger partial charge < -0.3 is 15.3 Å². The number of nitrogens with zero attached hydrogens (tertiary/aromatic N) is 5. The van der Waals surface area contributed by atoms with Gasteiger partial charge in [0.05, 0.1) is 23.5 Å². The lowest BCUT2D eigenvalue weighted by Crippen LogP contribution is -2.30. The SMILES string of the molecule is CC(C)(C(=O)O)c1ccc(-c2ccnc(Nc3cncc(N4CCCCC4)n3)n2)cc1. The van der Waals surface area contributed by atoms with Crippen LogP contribution in [0.25, 0.3) is 11.3 Å². The van der Waals surface area contributed by atoms with Crippen LogP contribution in [-0.4, -0.2) is 44.1 Å². The number of anilines is 3. The summed E-state index contributed by atoms with van der Waals surface area (Å²) in [6.45, 7) is 5.38. The van der Waals surface area contributed by atoms with Crippen molar-refractivity contribution in [1.82, 2.24) is 19.9 Å². The van der Waals surface area contributed by atoms with Crippen molar-refractivity contribution in [2.75, 3.05) is 23.3 Å². The second-order valence-corrected chi connectivity index (χ2v) is 8.21. The number of rotatable bonds is 6. The molecule has 0 saturated carbocycles. The van der Waals surface area contributed by atoms with Gasteiger partial charge in [-0.25, -0.2) is 15.0 Å². The van der Waals surface area contributed by atoms with Crippen molar-refractivity contribution in [3.8, 4) is 11.3 Å². The molecule has 0 bridgehead atoms. The van der Waals surface area contributed by atoms with E-state index < -0.39 is 11.4 Å². The van der Waals surface area contributed by atoms with Crippen LogP contribution in [0.4, 0.5) is 17.6 Å². The van der Waals surface area contributed by atoms with Crippen molar-refractivity contribution in [3.05, 3.63) is 54.5 Å². The van der Waals surface area contributed by atoms with Crippen LogP contribution in [0.15, 0.2) is 48.9 Å². The van der Waals surface area contributed by atoms with E-state index in [1.807, 2.05) is 30.3 Å². The zero-order chi connectivity index (χ0) is 21.8. The number of carboxylic acids is 1. The number of piperidine rings is 1. The first-order valence-electron chi connectivity index (χ1n) is 10.4. The van der Waals surface area contributed by atoms with Gasteiger partial charge in [-0.2, -0.15) is 0 Å². The monoisotopic (exact) mass is 418 g/mol. The number of carbonyl (C=O) groups is 1. The van der Waals surface area contributed by atoms with Crippen LogP contribution >= 0.6 is 0 Å². The average Bonchev–Trinajstić information content (AvgIpc) is 2.80. The van der Waals surface area contributed by atoms with Gasteiger partial charge in [-0.05, 0) is 44.7 Å². The molecule has 0 radical (unpaired) electrons. The zero-order valence-electron chi connectivity index (χ0n) is 17.7. The Morgan fingerprint density at radius 2 is 1.77 bits per heavy atom. The van der Waals surface area contributed by atoms with E-state index in [0.717, 1.165) is 35.7 Å². The van der Waals surface area contributed by atoms with Gasteiger partial charge in [0.1, 0.15) is 5.82 Å². The van der Waals surface area contributed by atoms with Crippen molar-refractivity contribution in [1.29, 1.82) is 0 Å². The van der Waals surface area contributed by atoms with Crippen LogP contribution in [0, 0.1) is 0 Å². The summed E-state index contributed by atoms with van der Waals surface area (Å²) in [6.07, 6.45) is 8.74. The molecule has 1 aliphatic rings. The van der Waals surface area contributed by atoms with Gasteiger partial charge in [0.15, 0.2) is 5.82 Å². The van der Waals surface area contributed by atoms with E-state index in [4.69, 9.17) is 0 Å². The number of hydrogen-bond donors (Lipinski definition) is 2. The van der Waals surface area contributed by atoms with Crippen LogP contribution in [0.3, 0.4) is 0 Å². The molecule has 0 atom stereocenters. The second kappa shape index (κ2) is 8.67. The highest BCUT2D eigenvalue weighted by Crippen LogP contribution is 2.27. The predicted octanol–water partition coefficient (Wildman–Crippen LogP) is 4.03. The van der Waals surface area contributed by atoms with E-state index in [2.05, 4.69) is 30.2 Å². The highest BCUT2D eigenvalue weighted by atomic mass is 16.4. The number of nitrogens with one attached hydrogen (secondary N) is 1. The van der Waals surface area contributed by atoms with Crippen LogP contribution in [0.2, 0.25) is 0 Å². The number of aliphatic carboxylic acids is 1. The number of carboxylic acid groups (broad SMARTS) is 1. The Morgan fingerprint density at radius 3 is 2.48 bits per heavy atom. The van der Waals surface area contributed by atoms with Gasteiger partial charge >= 0.3 is 5.97 Å². The minimum atomic E-state index is -0.949. The summed E-state index contributed by atoms with van der Waals surface area (Å²) in [6, 6.07) is 9.22. The molecule has 3 aromatic rings. The van der Waals surface area contributed by atoms with Gasteiger partial charge in [-0.3, -0.25) is 9.78 Å². The highest BCUT2D eigenvalue weighted by Gasteiger charge is 2.29. The minimum absolute atomic E-state index is 0.428. The summed E-state index contributed by atoms with van der Waals surface area (Å²) in [5.41, 5.74) is 1.40. The van der Waals surface area contributed by atoms with Crippen molar-refractivity contribution in [2.24, 2.45) is 0 Å². The van der Waals surface area contributed by atoms with E-state index in [-0.39, 0.29) is 0 Å². The normalized spacial score (nSPS) is 14.3. The molecule has 8 heteroatoms. The summed E-state index contributed by atoms with van der Waals surface area (Å²) in [7, 11) is 0. The third-order valence-corrected chi connectivity index (χ3v) is 5.63. The Balaban J connectivity index is 1.52. The Labute approximate surface area is 181 Å². The maximum Gasteiger partial charge on any atom is 0.313 e. The molecule has 0 aliphatic carbocycles. The van der Waals surface area contributed by atoms with Crippen LogP contribution in [0.1, 0.15) is 38.7 Å². The fraction of sp³-hybridized carbons (Fsp3) is 0.348. The first kappa shape index (κ1) is 20.7. The van der Waals surface area contributed by atoms with Gasteiger partial charge in [-0.1, -0.05) is 24.3 Å². The van der Waals surface area contributed by atoms with Crippen molar-refractivity contribution in [3.63, 3.8) is 0 Å². The molecule has 1 aromatic carbocycles. The summed E-state index contributed by atoms with van der Waals surface area (Å²) in [5.74, 6) is 1.02. The number of benzene rings is 1. The molecule has 0 spiro atoms. The molecule has 2 N–H and O–H groups in total. The molecule has 1 fully saturated rings. The third-order valence-electron chi connectivity index (χ3n) is 5.63. The van der Waals surface area contributed by atoms with Crippen LogP contribution in [-0.2, 0) is 10.2 Å². The maximum atomic E-state index is 11.5. The van der Waals surface area contributed by atoms with Gasteiger partial charge in [0.2, 0.25) is 5.95 Å². The van der Waals surface area contributed by atoms with E-state index in [1.54, 1.807) is 32.4 Å². The minimum Gasteiger partial charge on any atom is -0.481 e. The Bertz CT molecular complexity index is 1060. The van der Waals surface area contributed by atoms with E-state index >= 15 is 0 Å². The molecule has 0 unspecified atom stereocenters. The first-order valence-corrected chi connectivity index (χ1v) is 10.4. The molecular weight excluding hydrogens is 392 g/mol. The standard InChI is InChI=1S/C23H26N6O2/c1-23(2,21(30)31)17-8-6-16(7-9-17)18-10-11-25-22(26-18)28-19-14-24-15-20(27-19)29-12-4-3-5-13-29/h6-11,14-15H,3-5,12-13H2,1-2H3,(H,30,31)(H,25,26,27,28). The Kier molecular flexibility index (Phi) is 5.79. The quantitative estimate of drug-likeness (QED) is 0.618. The number of aromatic nitrogens is 4. The summed E-state index contributed by atoms with van der Waals surface area (Å²) in [5, 5.41) is 12.6. The largest absolute Gasteiger partial charge is 0.481 e. The Morgan fingerprint density at radius 1 is 1.03 bits per heavy atom. The highest BCUT2D eigenvalue weighted by molar-refractivity contribution is 5.80. The second-order valence-electron chi connectivity index (χ2n) is 8.21. The molecule has 8 nitrogen and oxygen atoms in total. The summed E-state index contributed by atoms with van der Waals surface area (Å²) >= 11 is 0. The fourth-order valence-corrected chi connectivity index (χ4v) is 3.57. The molecule has 160 valence electrons. The summed E-state index contributed by atoms with van der Waals surface area (Å²) < 4.78 is 0. The van der Waals surface area contributed by atoms with E-state index in [9.17, 15) is 9.90 Å². The van der Waals surface area contributed by atoms with Gasteiger partial charge in [0, 0.05) is 24.8 Å². The van der Waals surface area contributed by atoms with Crippen molar-refractivity contribution >= 4 is 23.6 Å². The lowest BCUT2D eigenvalue weighted by molar-refractivity contribution is -0.142. The van der Waals surface area contributed by atoms with Crippen LogP contribution < -0.4 is 10.2 Å². The predicted molar refractivity (Wildman–Crippen MR) is 120 cm³/mol. The topological polar surface area (TPSA) is 104 Å². The van der Waals surface area contributed by atoms with Gasteiger partial charge in [0.25, 0.3) is 0 Å². The van der Waals surface area contributed by atoms with Crippen LogP contribution in [0.5, 0.6) is 0 Å². The molecule has 4 rings (SSSR count). The fourth-order valence-electron chi connectivity index (χ4n) is 3.57. The molecule has 1 aliphatic heterocycles. The molecular formula is C23H26N6O2. The molecule has 31 heavy (non-hydrogen) atoms. The van der Waals surface area contributed by atoms with E-state index in [1.165, 1.54) is 19.3 Å². The van der Waals surface area contributed by atoms with Crippen molar-refractivity contribution in [2.45, 2.75) is 38.5 Å². The average molecular weight is 419 g/mol. The molecule has 1 saturated heterocycles.